The number of rotatable bonds is 6. The van der Waals surface area contributed by atoms with Crippen LogP contribution in [0.5, 0.6) is 5.75 Å². The Hall–Kier alpha value is -1.88. The van der Waals surface area contributed by atoms with Crippen molar-refractivity contribution in [2.45, 2.75) is 89.1 Å². The molecule has 3 fully saturated rings. The normalized spacial score (nSPS) is 27.4. The van der Waals surface area contributed by atoms with Crippen molar-refractivity contribution in [1.29, 1.82) is 0 Å². The van der Waals surface area contributed by atoms with Gasteiger partial charge in [-0.3, -0.25) is 0 Å². The summed E-state index contributed by atoms with van der Waals surface area (Å²) in [6, 6.07) is 15.0. The van der Waals surface area contributed by atoms with Crippen LogP contribution in [0.25, 0.3) is 0 Å². The van der Waals surface area contributed by atoms with E-state index in [1.165, 1.54) is 55.2 Å². The van der Waals surface area contributed by atoms with Crippen LogP contribution in [0.15, 0.2) is 42.5 Å². The zero-order chi connectivity index (χ0) is 22.1. The smallest absolute Gasteiger partial charge is 0.119 e. The van der Waals surface area contributed by atoms with E-state index in [9.17, 15) is 10.2 Å². The van der Waals surface area contributed by atoms with E-state index in [4.69, 9.17) is 9.47 Å². The average molecular weight is 437 g/mol. The third-order valence-electron chi connectivity index (χ3n) is 7.93. The number of ether oxygens (including phenoxy) is 2. The van der Waals surface area contributed by atoms with E-state index in [0.29, 0.717) is 24.4 Å². The van der Waals surface area contributed by atoms with Gasteiger partial charge in [-0.15, -0.1) is 0 Å². The number of benzene rings is 2. The van der Waals surface area contributed by atoms with Crippen LogP contribution in [0.2, 0.25) is 0 Å². The summed E-state index contributed by atoms with van der Waals surface area (Å²) >= 11 is 0. The van der Waals surface area contributed by atoms with Crippen LogP contribution < -0.4 is 4.74 Å². The Morgan fingerprint density at radius 3 is 2.50 bits per heavy atom. The van der Waals surface area contributed by atoms with Crippen LogP contribution in [-0.4, -0.2) is 35.1 Å². The molecule has 1 aliphatic heterocycles. The van der Waals surface area contributed by atoms with Gasteiger partial charge in [0.05, 0.1) is 31.0 Å². The molecular weight excluding hydrogens is 400 g/mol. The molecule has 0 radical (unpaired) electrons. The summed E-state index contributed by atoms with van der Waals surface area (Å²) in [7, 11) is 0. The van der Waals surface area contributed by atoms with Crippen LogP contribution in [0.1, 0.15) is 79.7 Å². The average Bonchev–Trinajstić information content (AvgIpc) is 3.26. The molecule has 0 bridgehead atoms. The standard InChI is InChI=1S/C28H36O4/c1-19-4-7-21(27-15-23(30)14-25(18-29)32-27)13-22(19)12-20-5-8-24(9-6-20)31-26-16-28(17-26)10-2-3-11-28/h4-9,13,23,25-27,29-30H,2-3,10-12,14-18H2,1H3/t23?,25?,27-/m1/s1. The lowest BCUT2D eigenvalue weighted by Crippen LogP contribution is -2.42. The van der Waals surface area contributed by atoms with Gasteiger partial charge in [0.2, 0.25) is 0 Å². The predicted molar refractivity (Wildman–Crippen MR) is 125 cm³/mol. The molecule has 3 aliphatic rings. The molecule has 1 heterocycles. The summed E-state index contributed by atoms with van der Waals surface area (Å²) in [5.41, 5.74) is 5.47. The number of hydrogen-bond acceptors (Lipinski definition) is 4. The molecule has 2 aromatic rings. The van der Waals surface area contributed by atoms with Crippen molar-refractivity contribution in [2.75, 3.05) is 6.61 Å². The van der Waals surface area contributed by atoms with E-state index in [1.807, 2.05) is 0 Å². The highest BCUT2D eigenvalue weighted by atomic mass is 16.5. The number of aryl methyl sites for hydroxylation is 1. The maximum absolute atomic E-state index is 10.2. The number of hydrogen-bond donors (Lipinski definition) is 2. The Balaban J connectivity index is 1.21. The first kappa shape index (κ1) is 21.9. The van der Waals surface area contributed by atoms with E-state index in [2.05, 4.69) is 49.4 Å². The Labute approximate surface area is 191 Å². The van der Waals surface area contributed by atoms with Gasteiger partial charge in [-0.2, -0.15) is 0 Å². The molecule has 1 spiro atoms. The van der Waals surface area contributed by atoms with Crippen LogP contribution in [0, 0.1) is 12.3 Å². The van der Waals surface area contributed by atoms with Crippen LogP contribution in [-0.2, 0) is 11.2 Å². The van der Waals surface area contributed by atoms with Crippen molar-refractivity contribution >= 4 is 0 Å². The van der Waals surface area contributed by atoms with Crippen molar-refractivity contribution in [3.8, 4) is 5.75 Å². The topological polar surface area (TPSA) is 58.9 Å². The van der Waals surface area contributed by atoms with Crippen molar-refractivity contribution in [3.63, 3.8) is 0 Å². The first-order valence-electron chi connectivity index (χ1n) is 12.3. The van der Waals surface area contributed by atoms with E-state index in [-0.39, 0.29) is 18.8 Å². The molecular formula is C28H36O4. The minimum atomic E-state index is -0.428. The molecule has 2 saturated carbocycles. The van der Waals surface area contributed by atoms with Gasteiger partial charge in [-0.05, 0) is 78.8 Å². The summed E-state index contributed by atoms with van der Waals surface area (Å²) in [5, 5.41) is 19.6. The number of aliphatic hydroxyl groups is 2. The lowest BCUT2D eigenvalue weighted by atomic mass is 9.65. The van der Waals surface area contributed by atoms with Gasteiger partial charge in [-0.1, -0.05) is 43.2 Å². The Morgan fingerprint density at radius 2 is 1.78 bits per heavy atom. The number of aliphatic hydroxyl groups excluding tert-OH is 2. The van der Waals surface area contributed by atoms with Crippen LogP contribution >= 0.6 is 0 Å². The first-order chi connectivity index (χ1) is 15.5. The van der Waals surface area contributed by atoms with E-state index >= 15 is 0 Å². The van der Waals surface area contributed by atoms with E-state index in [0.717, 1.165) is 17.7 Å². The van der Waals surface area contributed by atoms with Gasteiger partial charge < -0.3 is 19.7 Å². The highest BCUT2D eigenvalue weighted by Gasteiger charge is 2.46. The summed E-state index contributed by atoms with van der Waals surface area (Å²) in [6.07, 6.45) is 9.50. The Bertz CT molecular complexity index is 908. The molecule has 2 aromatic carbocycles. The molecule has 2 aliphatic carbocycles. The summed E-state index contributed by atoms with van der Waals surface area (Å²) in [5.74, 6) is 0.983. The second-order valence-corrected chi connectivity index (χ2v) is 10.4. The van der Waals surface area contributed by atoms with Crippen molar-refractivity contribution in [3.05, 3.63) is 64.7 Å². The minimum Gasteiger partial charge on any atom is -0.490 e. The molecule has 32 heavy (non-hydrogen) atoms. The molecule has 2 unspecified atom stereocenters. The molecule has 1 saturated heterocycles. The molecule has 0 amide bonds. The summed E-state index contributed by atoms with van der Waals surface area (Å²) in [4.78, 5) is 0. The lowest BCUT2D eigenvalue weighted by Gasteiger charge is -2.45. The third-order valence-corrected chi connectivity index (χ3v) is 7.93. The van der Waals surface area contributed by atoms with Gasteiger partial charge in [0.15, 0.2) is 0 Å². The maximum atomic E-state index is 10.2. The van der Waals surface area contributed by atoms with Gasteiger partial charge in [0.1, 0.15) is 5.75 Å². The molecule has 5 rings (SSSR count). The van der Waals surface area contributed by atoms with Gasteiger partial charge in [-0.25, -0.2) is 0 Å². The van der Waals surface area contributed by atoms with Crippen molar-refractivity contribution in [1.82, 2.24) is 0 Å². The fourth-order valence-electron chi connectivity index (χ4n) is 6.03. The molecule has 4 heteroatoms. The van der Waals surface area contributed by atoms with Gasteiger partial charge >= 0.3 is 0 Å². The first-order valence-corrected chi connectivity index (χ1v) is 12.3. The second kappa shape index (κ2) is 9.17. The summed E-state index contributed by atoms with van der Waals surface area (Å²) in [6.45, 7) is 2.09. The van der Waals surface area contributed by atoms with Crippen molar-refractivity contribution in [2.24, 2.45) is 5.41 Å². The van der Waals surface area contributed by atoms with E-state index < -0.39 is 6.10 Å². The SMILES string of the molecule is Cc1ccc([C@H]2CC(O)CC(CO)O2)cc1Cc1ccc(OC2CC3(CCCC3)C2)cc1. The Morgan fingerprint density at radius 1 is 1.03 bits per heavy atom. The molecule has 172 valence electrons. The fourth-order valence-corrected chi connectivity index (χ4v) is 6.03. The molecule has 2 N–H and O–H groups in total. The molecule has 3 atom stereocenters. The Kier molecular flexibility index (Phi) is 6.28. The second-order valence-electron chi connectivity index (χ2n) is 10.4. The highest BCUT2D eigenvalue weighted by molar-refractivity contribution is 5.38. The third kappa shape index (κ3) is 4.73. The predicted octanol–water partition coefficient (Wildman–Crippen LogP) is 5.26. The van der Waals surface area contributed by atoms with Crippen LogP contribution in [0.4, 0.5) is 0 Å². The highest BCUT2D eigenvalue weighted by Crippen LogP contribution is 2.54. The lowest BCUT2D eigenvalue weighted by molar-refractivity contribution is -0.113. The zero-order valence-electron chi connectivity index (χ0n) is 19.1. The van der Waals surface area contributed by atoms with Gasteiger partial charge in [0.25, 0.3) is 0 Å². The minimum absolute atomic E-state index is 0.0530. The fraction of sp³-hybridized carbons (Fsp3) is 0.571. The van der Waals surface area contributed by atoms with Gasteiger partial charge in [0, 0.05) is 12.8 Å². The van der Waals surface area contributed by atoms with Crippen molar-refractivity contribution < 1.29 is 19.7 Å². The summed E-state index contributed by atoms with van der Waals surface area (Å²) < 4.78 is 12.2. The largest absolute Gasteiger partial charge is 0.490 e. The molecule has 4 nitrogen and oxygen atoms in total. The molecule has 0 aromatic heterocycles. The van der Waals surface area contributed by atoms with Crippen LogP contribution in [0.3, 0.4) is 0 Å². The zero-order valence-corrected chi connectivity index (χ0v) is 19.1. The maximum Gasteiger partial charge on any atom is 0.119 e. The quantitative estimate of drug-likeness (QED) is 0.648. The monoisotopic (exact) mass is 436 g/mol. The van der Waals surface area contributed by atoms with E-state index in [1.54, 1.807) is 0 Å².